The van der Waals surface area contributed by atoms with E-state index in [0.29, 0.717) is 45.2 Å². The Morgan fingerprint density at radius 2 is 2.11 bits per heavy atom. The fraction of sp³-hybridized carbons (Fsp3) is 0.833. The maximum Gasteiger partial charge on any atom is 0.306 e. The number of carbonyl (C=O) groups is 2. The maximum absolute atomic E-state index is 11.0. The van der Waals surface area contributed by atoms with Crippen LogP contribution in [0.1, 0.15) is 32.1 Å². The Kier molecular flexibility index (Phi) is 3.87. The number of hydrogen-bond acceptors (Lipinski definition) is 4. The molecule has 6 nitrogen and oxygen atoms in total. The Morgan fingerprint density at radius 3 is 2.61 bits per heavy atom. The third-order valence-corrected chi connectivity index (χ3v) is 3.96. The first kappa shape index (κ1) is 13.3. The van der Waals surface area contributed by atoms with Crippen LogP contribution in [0.2, 0.25) is 0 Å². The normalized spacial score (nSPS) is 36.4. The van der Waals surface area contributed by atoms with Gasteiger partial charge in [0.25, 0.3) is 0 Å². The van der Waals surface area contributed by atoms with Gasteiger partial charge in [0.15, 0.2) is 0 Å². The minimum Gasteiger partial charge on any atom is -0.481 e. The smallest absolute Gasteiger partial charge is 0.306 e. The average molecular weight is 256 g/mol. The van der Waals surface area contributed by atoms with E-state index in [1.165, 1.54) is 0 Å². The Morgan fingerprint density at radius 1 is 1.44 bits per heavy atom. The largest absolute Gasteiger partial charge is 0.481 e. The van der Waals surface area contributed by atoms with Crippen LogP contribution in [0.3, 0.4) is 0 Å². The lowest BCUT2D eigenvalue weighted by Gasteiger charge is -2.35. The molecule has 2 fully saturated rings. The summed E-state index contributed by atoms with van der Waals surface area (Å²) in [6.45, 7) is 1.03. The second-order valence-corrected chi connectivity index (χ2v) is 5.42. The Hall–Kier alpha value is -1.14. The van der Waals surface area contributed by atoms with Gasteiger partial charge in [-0.15, -0.1) is 0 Å². The lowest BCUT2D eigenvalue weighted by atomic mass is 9.78. The summed E-state index contributed by atoms with van der Waals surface area (Å²) < 4.78 is 0. The SMILES string of the molecule is O=C1CC(NCC2(O)CCC(C(=O)O)CC2)CN1. The quantitative estimate of drug-likeness (QED) is 0.542. The van der Waals surface area contributed by atoms with E-state index in [1.807, 2.05) is 0 Å². The predicted molar refractivity (Wildman–Crippen MR) is 64.0 cm³/mol. The standard InChI is InChI=1S/C12H20N2O4/c15-10-5-9(6-13-10)14-7-12(18)3-1-8(2-4-12)11(16)17/h8-9,14,18H,1-7H2,(H,13,15)(H,16,17). The van der Waals surface area contributed by atoms with Crippen LogP contribution in [-0.4, -0.2) is 46.8 Å². The molecule has 2 aliphatic rings. The minimum atomic E-state index is -0.822. The van der Waals surface area contributed by atoms with Gasteiger partial charge in [0.05, 0.1) is 11.5 Å². The van der Waals surface area contributed by atoms with E-state index in [4.69, 9.17) is 5.11 Å². The molecule has 6 heteroatoms. The molecule has 1 saturated heterocycles. The van der Waals surface area contributed by atoms with Crippen LogP contribution < -0.4 is 10.6 Å². The van der Waals surface area contributed by atoms with Crippen molar-refractivity contribution in [1.29, 1.82) is 0 Å². The molecule has 1 atom stereocenters. The third kappa shape index (κ3) is 3.20. The molecule has 0 aromatic heterocycles. The molecular formula is C12H20N2O4. The summed E-state index contributed by atoms with van der Waals surface area (Å²) >= 11 is 0. The van der Waals surface area contributed by atoms with Gasteiger partial charge < -0.3 is 20.8 Å². The van der Waals surface area contributed by atoms with Gasteiger partial charge in [-0.3, -0.25) is 9.59 Å². The predicted octanol–water partition coefficient (Wildman–Crippen LogP) is -0.530. The molecule has 1 heterocycles. The summed E-state index contributed by atoms with van der Waals surface area (Å²) in [5.41, 5.74) is -0.822. The summed E-state index contributed by atoms with van der Waals surface area (Å²) in [4.78, 5) is 21.8. The number of amides is 1. The zero-order chi connectivity index (χ0) is 13.2. The Bertz CT molecular complexity index is 337. The van der Waals surface area contributed by atoms with Crippen molar-refractivity contribution < 1.29 is 19.8 Å². The number of nitrogens with one attached hydrogen (secondary N) is 2. The van der Waals surface area contributed by atoms with Crippen LogP contribution in [0.15, 0.2) is 0 Å². The Balaban J connectivity index is 1.75. The first-order chi connectivity index (χ1) is 8.48. The molecule has 1 saturated carbocycles. The summed E-state index contributed by atoms with van der Waals surface area (Å²) in [7, 11) is 0. The van der Waals surface area contributed by atoms with Gasteiger partial charge >= 0.3 is 5.97 Å². The molecule has 4 N–H and O–H groups in total. The van der Waals surface area contributed by atoms with Gasteiger partial charge in [-0.2, -0.15) is 0 Å². The summed E-state index contributed by atoms with van der Waals surface area (Å²) in [6.07, 6.45) is 2.51. The topological polar surface area (TPSA) is 98.7 Å². The molecule has 2 rings (SSSR count). The van der Waals surface area contributed by atoms with Gasteiger partial charge in [-0.05, 0) is 25.7 Å². The number of carboxylic acid groups (broad SMARTS) is 1. The first-order valence-electron chi connectivity index (χ1n) is 6.44. The first-order valence-corrected chi connectivity index (χ1v) is 6.44. The molecule has 0 aromatic rings. The van der Waals surface area contributed by atoms with E-state index in [2.05, 4.69) is 10.6 Å². The molecular weight excluding hydrogens is 236 g/mol. The second kappa shape index (κ2) is 5.24. The monoisotopic (exact) mass is 256 g/mol. The number of aliphatic hydroxyl groups is 1. The van der Waals surface area contributed by atoms with E-state index in [0.717, 1.165) is 0 Å². The van der Waals surface area contributed by atoms with Gasteiger partial charge in [0.2, 0.25) is 5.91 Å². The lowest BCUT2D eigenvalue weighted by molar-refractivity contribution is -0.144. The molecule has 0 spiro atoms. The van der Waals surface area contributed by atoms with Gasteiger partial charge in [-0.1, -0.05) is 0 Å². The van der Waals surface area contributed by atoms with Crippen LogP contribution in [0.5, 0.6) is 0 Å². The molecule has 0 aromatic carbocycles. The zero-order valence-corrected chi connectivity index (χ0v) is 10.3. The molecule has 1 aliphatic carbocycles. The maximum atomic E-state index is 11.0. The highest BCUT2D eigenvalue weighted by atomic mass is 16.4. The number of carboxylic acids is 1. The third-order valence-electron chi connectivity index (χ3n) is 3.96. The Labute approximate surface area is 106 Å². The number of carbonyl (C=O) groups excluding carboxylic acids is 1. The highest BCUT2D eigenvalue weighted by Crippen LogP contribution is 2.31. The van der Waals surface area contributed by atoms with Crippen molar-refractivity contribution in [3.63, 3.8) is 0 Å². The van der Waals surface area contributed by atoms with E-state index in [-0.39, 0.29) is 17.9 Å². The zero-order valence-electron chi connectivity index (χ0n) is 10.3. The van der Waals surface area contributed by atoms with Gasteiger partial charge in [0, 0.05) is 25.6 Å². The molecule has 1 aliphatic heterocycles. The van der Waals surface area contributed by atoms with Crippen LogP contribution in [0, 0.1) is 5.92 Å². The van der Waals surface area contributed by atoms with Crippen molar-refractivity contribution in [3.8, 4) is 0 Å². The minimum absolute atomic E-state index is 0.0362. The van der Waals surface area contributed by atoms with Gasteiger partial charge in [0.1, 0.15) is 0 Å². The summed E-state index contributed by atoms with van der Waals surface area (Å²) in [5, 5.41) is 25.1. The van der Waals surface area contributed by atoms with Crippen molar-refractivity contribution in [1.82, 2.24) is 10.6 Å². The van der Waals surface area contributed by atoms with Crippen molar-refractivity contribution in [3.05, 3.63) is 0 Å². The molecule has 0 radical (unpaired) electrons. The van der Waals surface area contributed by atoms with E-state index in [1.54, 1.807) is 0 Å². The van der Waals surface area contributed by atoms with Crippen LogP contribution >= 0.6 is 0 Å². The molecule has 0 bridgehead atoms. The lowest BCUT2D eigenvalue weighted by Crippen LogP contribution is -2.47. The summed E-state index contributed by atoms with van der Waals surface area (Å²) in [5.74, 6) is -1.05. The highest BCUT2D eigenvalue weighted by molar-refractivity contribution is 5.78. The fourth-order valence-electron chi connectivity index (χ4n) is 2.66. The van der Waals surface area contributed by atoms with Gasteiger partial charge in [-0.25, -0.2) is 0 Å². The second-order valence-electron chi connectivity index (χ2n) is 5.42. The number of aliphatic carboxylic acids is 1. The number of rotatable bonds is 4. The van der Waals surface area contributed by atoms with Crippen LogP contribution in [0.4, 0.5) is 0 Å². The molecule has 18 heavy (non-hydrogen) atoms. The summed E-state index contributed by atoms with van der Waals surface area (Å²) in [6, 6.07) is 0.0822. The molecule has 1 amide bonds. The molecule has 1 unspecified atom stereocenters. The average Bonchev–Trinajstić information content (AvgIpc) is 2.73. The highest BCUT2D eigenvalue weighted by Gasteiger charge is 2.36. The van der Waals surface area contributed by atoms with Crippen molar-refractivity contribution >= 4 is 11.9 Å². The van der Waals surface area contributed by atoms with Crippen LogP contribution in [-0.2, 0) is 9.59 Å². The fourth-order valence-corrected chi connectivity index (χ4v) is 2.66. The van der Waals surface area contributed by atoms with E-state index in [9.17, 15) is 14.7 Å². The van der Waals surface area contributed by atoms with Crippen molar-refractivity contribution in [2.24, 2.45) is 5.92 Å². The van der Waals surface area contributed by atoms with E-state index >= 15 is 0 Å². The van der Waals surface area contributed by atoms with Crippen molar-refractivity contribution in [2.75, 3.05) is 13.1 Å². The molecule has 102 valence electrons. The number of hydrogen-bond donors (Lipinski definition) is 4. The van der Waals surface area contributed by atoms with Crippen molar-refractivity contribution in [2.45, 2.75) is 43.7 Å². The van der Waals surface area contributed by atoms with Crippen LogP contribution in [0.25, 0.3) is 0 Å². The van der Waals surface area contributed by atoms with E-state index < -0.39 is 11.6 Å².